The van der Waals surface area contributed by atoms with Crippen LogP contribution in [0.15, 0.2) is 152 Å². The van der Waals surface area contributed by atoms with Crippen molar-refractivity contribution in [3.63, 3.8) is 0 Å². The maximum atomic E-state index is 2.45. The van der Waals surface area contributed by atoms with Gasteiger partial charge in [-0.1, -0.05) is 116 Å². The highest BCUT2D eigenvalue weighted by molar-refractivity contribution is 6.18. The van der Waals surface area contributed by atoms with Crippen LogP contribution in [0.3, 0.4) is 0 Å². The summed E-state index contributed by atoms with van der Waals surface area (Å²) in [4.78, 5) is 0. The molecule has 0 saturated carbocycles. The van der Waals surface area contributed by atoms with E-state index in [1.807, 2.05) is 0 Å². The summed E-state index contributed by atoms with van der Waals surface area (Å²) in [6.45, 7) is 2.32. The molecule has 6 aromatic carbocycles. The third-order valence-electron chi connectivity index (χ3n) is 9.48. The second-order valence-electron chi connectivity index (χ2n) is 12.2. The highest BCUT2D eigenvalue weighted by Crippen LogP contribution is 2.44. The van der Waals surface area contributed by atoms with E-state index in [-0.39, 0.29) is 0 Å². The van der Waals surface area contributed by atoms with Gasteiger partial charge in [0.15, 0.2) is 0 Å². The summed E-state index contributed by atoms with van der Waals surface area (Å²) >= 11 is 0. The lowest BCUT2D eigenvalue weighted by atomic mass is 9.89. The lowest BCUT2D eigenvalue weighted by Crippen LogP contribution is -2.05. The number of benzene rings is 6. The molecule has 214 valence electrons. The van der Waals surface area contributed by atoms with Crippen LogP contribution >= 0.6 is 0 Å². The Kier molecular flexibility index (Phi) is 5.89. The predicted molar refractivity (Wildman–Crippen MR) is 190 cm³/mol. The van der Waals surface area contributed by atoms with Crippen molar-refractivity contribution in [2.45, 2.75) is 13.3 Å². The molecule has 0 radical (unpaired) electrons. The number of fused-ring (bicyclic) bond motifs is 6. The Hall–Kier alpha value is -5.60. The number of hydrogen-bond acceptors (Lipinski definition) is 0. The highest BCUT2D eigenvalue weighted by Gasteiger charge is 2.25. The van der Waals surface area contributed by atoms with E-state index in [2.05, 4.69) is 174 Å². The molecule has 2 heterocycles. The van der Waals surface area contributed by atoms with Gasteiger partial charge in [0, 0.05) is 33.2 Å². The third-order valence-corrected chi connectivity index (χ3v) is 9.48. The monoisotopic (exact) mass is 576 g/mol. The number of allylic oxidation sites excluding steroid dienone is 1. The molecule has 0 spiro atoms. The van der Waals surface area contributed by atoms with Crippen LogP contribution in [0, 0.1) is 5.92 Å². The fourth-order valence-corrected chi connectivity index (χ4v) is 7.50. The summed E-state index contributed by atoms with van der Waals surface area (Å²) in [5.41, 5.74) is 13.9. The van der Waals surface area contributed by atoms with Crippen LogP contribution in [0.1, 0.15) is 18.2 Å². The van der Waals surface area contributed by atoms with Gasteiger partial charge in [-0.2, -0.15) is 0 Å². The van der Waals surface area contributed by atoms with Gasteiger partial charge in [-0.15, -0.1) is 0 Å². The Balaban J connectivity index is 1.31. The average Bonchev–Trinajstić information content (AvgIpc) is 3.62. The van der Waals surface area contributed by atoms with Gasteiger partial charge in [0.25, 0.3) is 0 Å². The number of rotatable bonds is 4. The number of hydrogen-bond donors (Lipinski definition) is 0. The van der Waals surface area contributed by atoms with Crippen LogP contribution in [0.5, 0.6) is 0 Å². The molecule has 0 aliphatic heterocycles. The first-order chi connectivity index (χ1) is 22.3. The molecule has 8 aromatic rings. The first kappa shape index (κ1) is 25.9. The molecule has 1 aliphatic rings. The summed E-state index contributed by atoms with van der Waals surface area (Å²) in [6, 6.07) is 52.9. The molecule has 0 amide bonds. The van der Waals surface area contributed by atoms with Crippen LogP contribution in [-0.4, -0.2) is 9.13 Å². The second-order valence-corrected chi connectivity index (χ2v) is 12.2. The topological polar surface area (TPSA) is 9.86 Å². The average molecular weight is 577 g/mol. The Morgan fingerprint density at radius 1 is 0.489 bits per heavy atom. The molecule has 9 rings (SSSR count). The van der Waals surface area contributed by atoms with E-state index in [0.717, 1.165) is 6.42 Å². The summed E-state index contributed by atoms with van der Waals surface area (Å²) in [6.07, 6.45) is 5.73. The molecule has 0 bridgehead atoms. The van der Waals surface area contributed by atoms with E-state index in [4.69, 9.17) is 0 Å². The molecule has 2 heteroatoms. The van der Waals surface area contributed by atoms with Crippen molar-refractivity contribution < 1.29 is 0 Å². The fourth-order valence-electron chi connectivity index (χ4n) is 7.50. The molecule has 2 nitrogen and oxygen atoms in total. The van der Waals surface area contributed by atoms with E-state index >= 15 is 0 Å². The smallest absolute Gasteiger partial charge is 0.0547 e. The van der Waals surface area contributed by atoms with Gasteiger partial charge >= 0.3 is 0 Å². The third kappa shape index (κ3) is 4.03. The maximum absolute atomic E-state index is 2.45. The van der Waals surface area contributed by atoms with Crippen molar-refractivity contribution in [3.05, 3.63) is 163 Å². The van der Waals surface area contributed by atoms with Gasteiger partial charge in [-0.05, 0) is 88.7 Å². The van der Waals surface area contributed by atoms with Gasteiger partial charge in [-0.3, -0.25) is 0 Å². The molecular weight excluding hydrogens is 544 g/mol. The highest BCUT2D eigenvalue weighted by atomic mass is 15.0. The Labute approximate surface area is 263 Å². The number of aromatic nitrogens is 2. The zero-order valence-corrected chi connectivity index (χ0v) is 25.2. The van der Waals surface area contributed by atoms with Crippen molar-refractivity contribution in [3.8, 4) is 33.6 Å². The van der Waals surface area contributed by atoms with Crippen molar-refractivity contribution in [1.82, 2.24) is 9.13 Å². The van der Waals surface area contributed by atoms with Gasteiger partial charge in [0.2, 0.25) is 0 Å². The zero-order chi connectivity index (χ0) is 29.9. The molecule has 0 fully saturated rings. The van der Waals surface area contributed by atoms with Gasteiger partial charge in [0.1, 0.15) is 0 Å². The van der Waals surface area contributed by atoms with Crippen molar-refractivity contribution in [2.24, 2.45) is 5.92 Å². The standard InChI is InChI=1S/C43H32N2/c1-29-22-27-39-37(28-29)43-35(18-11-21-41(43)44(39)32-14-6-3-7-15-32)34-17-10-20-40-42(34)36-16-8-9-19-38(36)45(40)33-25-23-31(24-26-33)30-12-4-2-5-13-30/h2-27,29H,28H2,1H3. The van der Waals surface area contributed by atoms with Crippen molar-refractivity contribution in [1.29, 1.82) is 0 Å². The molecule has 1 aliphatic carbocycles. The van der Waals surface area contributed by atoms with Crippen LogP contribution in [0.2, 0.25) is 0 Å². The Morgan fingerprint density at radius 2 is 1.07 bits per heavy atom. The SMILES string of the molecule is CC1C=Cc2c(c3c(-c4cccc5c4c4ccccc4n5-c4ccc(-c5ccccc5)cc4)cccc3n2-c2ccccc2)C1. The van der Waals surface area contributed by atoms with Gasteiger partial charge < -0.3 is 9.13 Å². The molecule has 1 unspecified atom stereocenters. The van der Waals surface area contributed by atoms with Gasteiger partial charge in [0.05, 0.1) is 16.6 Å². The minimum atomic E-state index is 0.497. The molecule has 45 heavy (non-hydrogen) atoms. The quantitative estimate of drug-likeness (QED) is 0.197. The van der Waals surface area contributed by atoms with Crippen LogP contribution in [-0.2, 0) is 6.42 Å². The number of para-hydroxylation sites is 2. The zero-order valence-electron chi connectivity index (χ0n) is 25.2. The Morgan fingerprint density at radius 3 is 1.82 bits per heavy atom. The molecular formula is C43H32N2. The van der Waals surface area contributed by atoms with Crippen LogP contribution in [0.25, 0.3) is 72.4 Å². The minimum absolute atomic E-state index is 0.497. The van der Waals surface area contributed by atoms with E-state index in [9.17, 15) is 0 Å². The normalized spacial score (nSPS) is 14.4. The summed E-state index contributed by atoms with van der Waals surface area (Å²) in [7, 11) is 0. The van der Waals surface area contributed by atoms with Crippen LogP contribution in [0.4, 0.5) is 0 Å². The summed E-state index contributed by atoms with van der Waals surface area (Å²) < 4.78 is 4.88. The largest absolute Gasteiger partial charge is 0.310 e. The number of nitrogens with zero attached hydrogens (tertiary/aromatic N) is 2. The maximum Gasteiger partial charge on any atom is 0.0547 e. The van der Waals surface area contributed by atoms with E-state index in [0.29, 0.717) is 5.92 Å². The molecule has 0 saturated heterocycles. The molecule has 1 atom stereocenters. The first-order valence-electron chi connectivity index (χ1n) is 15.8. The lowest BCUT2D eigenvalue weighted by molar-refractivity contribution is 0.718. The van der Waals surface area contributed by atoms with Crippen molar-refractivity contribution in [2.75, 3.05) is 0 Å². The minimum Gasteiger partial charge on any atom is -0.310 e. The summed E-state index contributed by atoms with van der Waals surface area (Å²) in [5, 5.41) is 3.94. The molecule has 0 N–H and O–H groups in total. The predicted octanol–water partition coefficient (Wildman–Crippen LogP) is 11.3. The second kappa shape index (κ2) is 10.2. The van der Waals surface area contributed by atoms with Crippen molar-refractivity contribution >= 4 is 38.8 Å². The van der Waals surface area contributed by atoms with E-state index in [1.165, 1.54) is 77.6 Å². The Bertz CT molecular complexity index is 2390. The lowest BCUT2D eigenvalue weighted by Gasteiger charge is -2.16. The van der Waals surface area contributed by atoms with Gasteiger partial charge in [-0.25, -0.2) is 0 Å². The van der Waals surface area contributed by atoms with E-state index in [1.54, 1.807) is 0 Å². The van der Waals surface area contributed by atoms with Crippen LogP contribution < -0.4 is 0 Å². The molecule has 2 aromatic heterocycles. The first-order valence-corrected chi connectivity index (χ1v) is 15.8. The fraction of sp³-hybridized carbons (Fsp3) is 0.0698. The summed E-state index contributed by atoms with van der Waals surface area (Å²) in [5.74, 6) is 0.497. The van der Waals surface area contributed by atoms with E-state index < -0.39 is 0 Å².